The fraction of sp³-hybridized carbons (Fsp3) is 0.211. The van der Waals surface area contributed by atoms with Crippen molar-refractivity contribution in [1.29, 1.82) is 0 Å². The molecule has 1 N–H and O–H groups in total. The van der Waals surface area contributed by atoms with E-state index in [1.165, 1.54) is 6.92 Å². The number of carbonyl (C=O) groups excluding carboxylic acids is 3. The molecule has 2 aromatic carbocycles. The third-order valence-electron chi connectivity index (χ3n) is 3.86. The topological polar surface area (TPSA) is 84.9 Å². The Labute approximate surface area is 150 Å². The Morgan fingerprint density at radius 1 is 1.04 bits per heavy atom. The number of amides is 3. The summed E-state index contributed by atoms with van der Waals surface area (Å²) in [6, 6.07) is 11.4. The van der Waals surface area contributed by atoms with Gasteiger partial charge in [-0.3, -0.25) is 14.4 Å². The van der Waals surface area contributed by atoms with Crippen LogP contribution in [0.15, 0.2) is 42.5 Å². The summed E-state index contributed by atoms with van der Waals surface area (Å²) in [6.45, 7) is 1.99. The van der Waals surface area contributed by atoms with Gasteiger partial charge in [-0.1, -0.05) is 12.1 Å². The second kappa shape index (κ2) is 7.37. The average Bonchev–Trinajstić information content (AvgIpc) is 2.87. The molecular formula is C19H18N2O5. The van der Waals surface area contributed by atoms with Crippen LogP contribution in [0.25, 0.3) is 0 Å². The lowest BCUT2D eigenvalue weighted by Crippen LogP contribution is -2.30. The number of benzene rings is 2. The molecule has 7 nitrogen and oxygen atoms in total. The standard InChI is InChI=1S/C19H18N2O5/c1-12(22)20-13-7-8-17(26-10-9-25-2)16(11-13)21-18(23)14-5-3-4-6-15(14)19(21)24/h3-8,11H,9-10H2,1-2H3,(H,20,22). The summed E-state index contributed by atoms with van der Waals surface area (Å²) in [5.74, 6) is -0.763. The molecule has 3 rings (SSSR count). The summed E-state index contributed by atoms with van der Waals surface area (Å²) < 4.78 is 10.6. The van der Waals surface area contributed by atoms with Crippen LogP contribution in [0, 0.1) is 0 Å². The van der Waals surface area contributed by atoms with Crippen LogP contribution in [0.2, 0.25) is 0 Å². The van der Waals surface area contributed by atoms with Crippen molar-refractivity contribution < 1.29 is 23.9 Å². The van der Waals surface area contributed by atoms with Gasteiger partial charge in [0.2, 0.25) is 5.91 Å². The van der Waals surface area contributed by atoms with E-state index in [1.54, 1.807) is 49.6 Å². The summed E-state index contributed by atoms with van der Waals surface area (Å²) >= 11 is 0. The van der Waals surface area contributed by atoms with Gasteiger partial charge >= 0.3 is 0 Å². The van der Waals surface area contributed by atoms with E-state index >= 15 is 0 Å². The fourth-order valence-electron chi connectivity index (χ4n) is 2.74. The number of nitrogens with zero attached hydrogens (tertiary/aromatic N) is 1. The predicted molar refractivity (Wildman–Crippen MR) is 95.7 cm³/mol. The molecule has 0 spiro atoms. The number of methoxy groups -OCH3 is 1. The van der Waals surface area contributed by atoms with E-state index in [1.807, 2.05) is 0 Å². The quantitative estimate of drug-likeness (QED) is 0.636. The van der Waals surface area contributed by atoms with Crippen molar-refractivity contribution in [3.63, 3.8) is 0 Å². The molecule has 0 aromatic heterocycles. The molecule has 0 saturated carbocycles. The normalized spacial score (nSPS) is 12.9. The first-order valence-electron chi connectivity index (χ1n) is 8.04. The van der Waals surface area contributed by atoms with E-state index < -0.39 is 11.8 Å². The van der Waals surface area contributed by atoms with Gasteiger partial charge in [-0.2, -0.15) is 0 Å². The second-order valence-electron chi connectivity index (χ2n) is 5.70. The van der Waals surface area contributed by atoms with Gasteiger partial charge < -0.3 is 14.8 Å². The third-order valence-corrected chi connectivity index (χ3v) is 3.86. The first-order valence-corrected chi connectivity index (χ1v) is 8.04. The average molecular weight is 354 g/mol. The molecule has 26 heavy (non-hydrogen) atoms. The highest BCUT2D eigenvalue weighted by molar-refractivity contribution is 6.35. The van der Waals surface area contributed by atoms with Crippen LogP contribution >= 0.6 is 0 Å². The largest absolute Gasteiger partial charge is 0.489 e. The van der Waals surface area contributed by atoms with Gasteiger partial charge in [0.25, 0.3) is 11.8 Å². The number of carbonyl (C=O) groups is 3. The molecule has 134 valence electrons. The zero-order chi connectivity index (χ0) is 18.7. The lowest BCUT2D eigenvalue weighted by molar-refractivity contribution is -0.114. The summed E-state index contributed by atoms with van der Waals surface area (Å²) in [7, 11) is 1.55. The van der Waals surface area contributed by atoms with Crippen LogP contribution < -0.4 is 15.0 Å². The monoisotopic (exact) mass is 354 g/mol. The van der Waals surface area contributed by atoms with Gasteiger partial charge in [0.05, 0.1) is 23.4 Å². The van der Waals surface area contributed by atoms with Crippen LogP contribution in [0.5, 0.6) is 5.75 Å². The second-order valence-corrected chi connectivity index (χ2v) is 5.70. The maximum absolute atomic E-state index is 12.8. The molecule has 0 aliphatic carbocycles. The Morgan fingerprint density at radius 3 is 2.27 bits per heavy atom. The number of fused-ring (bicyclic) bond motifs is 1. The Hall–Kier alpha value is -3.19. The molecule has 0 atom stereocenters. The highest BCUT2D eigenvalue weighted by atomic mass is 16.5. The van der Waals surface area contributed by atoms with Gasteiger partial charge in [-0.25, -0.2) is 4.90 Å². The van der Waals surface area contributed by atoms with Crippen molar-refractivity contribution in [2.24, 2.45) is 0 Å². The van der Waals surface area contributed by atoms with Crippen molar-refractivity contribution in [2.45, 2.75) is 6.92 Å². The number of ether oxygens (including phenoxy) is 2. The highest BCUT2D eigenvalue weighted by Crippen LogP contribution is 2.37. The number of hydrogen-bond donors (Lipinski definition) is 1. The van der Waals surface area contributed by atoms with E-state index in [-0.39, 0.29) is 18.2 Å². The Kier molecular flexibility index (Phi) is 4.99. The number of nitrogens with one attached hydrogen (secondary N) is 1. The van der Waals surface area contributed by atoms with Crippen LogP contribution in [0.4, 0.5) is 11.4 Å². The van der Waals surface area contributed by atoms with Crippen LogP contribution in [-0.4, -0.2) is 38.0 Å². The smallest absolute Gasteiger partial charge is 0.266 e. The van der Waals surface area contributed by atoms with Crippen molar-refractivity contribution >= 4 is 29.1 Å². The Morgan fingerprint density at radius 2 is 1.69 bits per heavy atom. The Bertz CT molecular complexity index is 843. The van der Waals surface area contributed by atoms with Gasteiger partial charge in [0.1, 0.15) is 12.4 Å². The minimum Gasteiger partial charge on any atom is -0.489 e. The lowest BCUT2D eigenvalue weighted by atomic mass is 10.1. The molecule has 7 heteroatoms. The fourth-order valence-corrected chi connectivity index (χ4v) is 2.74. The Balaban J connectivity index is 2.02. The predicted octanol–water partition coefficient (Wildman–Crippen LogP) is 2.47. The molecule has 0 unspecified atom stereocenters. The van der Waals surface area contributed by atoms with Crippen LogP contribution in [0.3, 0.4) is 0 Å². The molecule has 1 aliphatic rings. The highest BCUT2D eigenvalue weighted by Gasteiger charge is 2.37. The van der Waals surface area contributed by atoms with Crippen LogP contribution in [-0.2, 0) is 9.53 Å². The molecule has 0 radical (unpaired) electrons. The molecule has 0 bridgehead atoms. The molecule has 3 amide bonds. The molecule has 1 heterocycles. The first kappa shape index (κ1) is 17.6. The SMILES string of the molecule is COCCOc1ccc(NC(C)=O)cc1N1C(=O)c2ccccc2C1=O. The number of anilines is 2. The number of rotatable bonds is 6. The number of imide groups is 1. The molecular weight excluding hydrogens is 336 g/mol. The first-order chi connectivity index (χ1) is 12.5. The van der Waals surface area contributed by atoms with Gasteiger partial charge in [-0.05, 0) is 30.3 Å². The van der Waals surface area contributed by atoms with Crippen molar-refractivity contribution in [1.82, 2.24) is 0 Å². The minimum atomic E-state index is -0.429. The molecule has 2 aromatic rings. The van der Waals surface area contributed by atoms with Crippen LogP contribution in [0.1, 0.15) is 27.6 Å². The molecule has 0 fully saturated rings. The van der Waals surface area contributed by atoms with E-state index in [9.17, 15) is 14.4 Å². The van der Waals surface area contributed by atoms with E-state index in [2.05, 4.69) is 5.32 Å². The van der Waals surface area contributed by atoms with Crippen molar-refractivity contribution in [3.8, 4) is 5.75 Å². The number of hydrogen-bond acceptors (Lipinski definition) is 5. The summed E-state index contributed by atoms with van der Waals surface area (Å²) in [5, 5.41) is 2.65. The minimum absolute atomic E-state index is 0.256. The maximum atomic E-state index is 12.8. The molecule has 0 saturated heterocycles. The van der Waals surface area contributed by atoms with E-state index in [0.29, 0.717) is 29.2 Å². The maximum Gasteiger partial charge on any atom is 0.266 e. The van der Waals surface area contributed by atoms with E-state index in [4.69, 9.17) is 9.47 Å². The summed E-state index contributed by atoms with van der Waals surface area (Å²) in [5.41, 5.74) is 1.41. The third kappa shape index (κ3) is 3.29. The van der Waals surface area contributed by atoms with Crippen molar-refractivity contribution in [2.75, 3.05) is 30.5 Å². The zero-order valence-corrected chi connectivity index (χ0v) is 14.4. The van der Waals surface area contributed by atoms with Gasteiger partial charge in [0.15, 0.2) is 0 Å². The molecule has 1 aliphatic heterocycles. The summed E-state index contributed by atoms with van der Waals surface area (Å²) in [6.07, 6.45) is 0. The summed E-state index contributed by atoms with van der Waals surface area (Å²) in [4.78, 5) is 37.9. The van der Waals surface area contributed by atoms with Gasteiger partial charge in [-0.15, -0.1) is 0 Å². The van der Waals surface area contributed by atoms with E-state index in [0.717, 1.165) is 4.90 Å². The van der Waals surface area contributed by atoms with Crippen molar-refractivity contribution in [3.05, 3.63) is 53.6 Å². The van der Waals surface area contributed by atoms with Gasteiger partial charge in [0, 0.05) is 19.7 Å². The lowest BCUT2D eigenvalue weighted by Gasteiger charge is -2.19. The zero-order valence-electron chi connectivity index (χ0n) is 14.4.